The van der Waals surface area contributed by atoms with Gasteiger partial charge in [0.05, 0.1) is 19.8 Å². The van der Waals surface area contributed by atoms with E-state index in [4.69, 9.17) is 4.74 Å². The highest BCUT2D eigenvalue weighted by molar-refractivity contribution is 5.89. The van der Waals surface area contributed by atoms with Crippen LogP contribution in [0.2, 0.25) is 0 Å². The quantitative estimate of drug-likeness (QED) is 0.685. The van der Waals surface area contributed by atoms with E-state index < -0.39 is 0 Å². The van der Waals surface area contributed by atoms with Gasteiger partial charge < -0.3 is 9.47 Å². The Kier molecular flexibility index (Phi) is 3.45. The summed E-state index contributed by atoms with van der Waals surface area (Å²) in [5.74, 6) is 0.0603. The maximum absolute atomic E-state index is 11.2. The zero-order valence-corrected chi connectivity index (χ0v) is 8.53. The van der Waals surface area contributed by atoms with E-state index in [1.54, 1.807) is 12.1 Å². The van der Waals surface area contributed by atoms with Gasteiger partial charge in [0.2, 0.25) is 5.88 Å². The first-order valence-corrected chi connectivity index (χ1v) is 4.34. The topological polar surface area (TPSA) is 48.4 Å². The third-order valence-electron chi connectivity index (χ3n) is 1.85. The predicted molar refractivity (Wildman–Crippen MR) is 51.5 cm³/mol. The fourth-order valence-corrected chi connectivity index (χ4v) is 1.08. The lowest BCUT2D eigenvalue weighted by Gasteiger charge is -2.05. The van der Waals surface area contributed by atoms with E-state index in [0.29, 0.717) is 11.4 Å². The normalized spacial score (nSPS) is 9.64. The van der Waals surface area contributed by atoms with Gasteiger partial charge in [0, 0.05) is 11.8 Å². The number of carbonyl (C=O) groups excluding carboxylic acids is 1. The van der Waals surface area contributed by atoms with Crippen LogP contribution in [-0.2, 0) is 11.2 Å². The van der Waals surface area contributed by atoms with Crippen molar-refractivity contribution in [3.63, 3.8) is 0 Å². The number of pyridine rings is 1. The van der Waals surface area contributed by atoms with Crippen molar-refractivity contribution in [3.05, 3.63) is 23.4 Å². The number of aromatic nitrogens is 1. The van der Waals surface area contributed by atoms with Crippen LogP contribution in [0.1, 0.15) is 23.0 Å². The first-order chi connectivity index (χ1) is 6.71. The van der Waals surface area contributed by atoms with E-state index in [2.05, 4.69) is 9.72 Å². The van der Waals surface area contributed by atoms with Gasteiger partial charge in [-0.2, -0.15) is 0 Å². The lowest BCUT2D eigenvalue weighted by atomic mass is 10.2. The molecular weight excluding hydrogens is 182 g/mol. The number of carbonyl (C=O) groups is 1. The second-order valence-corrected chi connectivity index (χ2v) is 2.73. The first kappa shape index (κ1) is 10.5. The molecule has 4 heteroatoms. The Balaban J connectivity index is 3.10. The third-order valence-corrected chi connectivity index (χ3v) is 1.85. The van der Waals surface area contributed by atoms with Crippen LogP contribution in [-0.4, -0.2) is 25.2 Å². The molecule has 0 unspecified atom stereocenters. The summed E-state index contributed by atoms with van der Waals surface area (Å²) in [5.41, 5.74) is 1.28. The van der Waals surface area contributed by atoms with Gasteiger partial charge in [0.25, 0.3) is 0 Å². The number of hydrogen-bond acceptors (Lipinski definition) is 4. The van der Waals surface area contributed by atoms with Crippen LogP contribution < -0.4 is 4.74 Å². The molecule has 1 aromatic rings. The van der Waals surface area contributed by atoms with Crippen molar-refractivity contribution in [2.45, 2.75) is 13.3 Å². The third kappa shape index (κ3) is 2.22. The fourth-order valence-electron chi connectivity index (χ4n) is 1.08. The Labute approximate surface area is 82.9 Å². The van der Waals surface area contributed by atoms with Crippen molar-refractivity contribution in [2.75, 3.05) is 14.2 Å². The zero-order valence-electron chi connectivity index (χ0n) is 8.53. The summed E-state index contributed by atoms with van der Waals surface area (Å²) >= 11 is 0. The second kappa shape index (κ2) is 4.60. The summed E-state index contributed by atoms with van der Waals surface area (Å²) in [5, 5.41) is 0. The molecule has 0 bridgehead atoms. The molecule has 0 radical (unpaired) electrons. The Hall–Kier alpha value is -1.58. The summed E-state index contributed by atoms with van der Waals surface area (Å²) < 4.78 is 9.59. The standard InChI is InChI=1S/C10H13NO3/c1-4-8-5-7(10(12)14-3)6-9(11-8)13-2/h5-6H,4H2,1-3H3. The van der Waals surface area contributed by atoms with Crippen molar-refractivity contribution < 1.29 is 14.3 Å². The number of esters is 1. The van der Waals surface area contributed by atoms with Crippen LogP contribution in [0.5, 0.6) is 5.88 Å². The Bertz CT molecular complexity index is 314. The lowest BCUT2D eigenvalue weighted by Crippen LogP contribution is -2.04. The molecule has 0 saturated carbocycles. The van der Waals surface area contributed by atoms with Crippen molar-refractivity contribution in [3.8, 4) is 5.88 Å². The van der Waals surface area contributed by atoms with Gasteiger partial charge in [-0.25, -0.2) is 9.78 Å². The minimum atomic E-state index is -0.375. The lowest BCUT2D eigenvalue weighted by molar-refractivity contribution is 0.0600. The van der Waals surface area contributed by atoms with Gasteiger partial charge in [-0.3, -0.25) is 0 Å². The summed E-state index contributed by atoms with van der Waals surface area (Å²) in [6.07, 6.45) is 0.751. The highest BCUT2D eigenvalue weighted by Gasteiger charge is 2.09. The smallest absolute Gasteiger partial charge is 0.338 e. The number of nitrogens with zero attached hydrogens (tertiary/aromatic N) is 1. The molecule has 0 spiro atoms. The highest BCUT2D eigenvalue weighted by atomic mass is 16.5. The van der Waals surface area contributed by atoms with Gasteiger partial charge in [0.1, 0.15) is 0 Å². The number of hydrogen-bond donors (Lipinski definition) is 0. The van der Waals surface area contributed by atoms with Crippen molar-refractivity contribution in [1.29, 1.82) is 0 Å². The monoisotopic (exact) mass is 195 g/mol. The van der Waals surface area contributed by atoms with E-state index in [-0.39, 0.29) is 5.97 Å². The Morgan fingerprint density at radius 1 is 1.43 bits per heavy atom. The van der Waals surface area contributed by atoms with E-state index in [1.165, 1.54) is 14.2 Å². The molecule has 0 fully saturated rings. The fraction of sp³-hybridized carbons (Fsp3) is 0.400. The maximum Gasteiger partial charge on any atom is 0.338 e. The molecule has 1 rings (SSSR count). The molecule has 14 heavy (non-hydrogen) atoms. The van der Waals surface area contributed by atoms with Crippen LogP contribution in [0, 0.1) is 0 Å². The average molecular weight is 195 g/mol. The van der Waals surface area contributed by atoms with E-state index in [9.17, 15) is 4.79 Å². The van der Waals surface area contributed by atoms with Gasteiger partial charge in [-0.05, 0) is 12.5 Å². The molecule has 0 N–H and O–H groups in total. The van der Waals surface area contributed by atoms with Crippen molar-refractivity contribution >= 4 is 5.97 Å². The summed E-state index contributed by atoms with van der Waals surface area (Å²) in [6.45, 7) is 1.96. The SMILES string of the molecule is CCc1cc(C(=O)OC)cc(OC)n1. The number of methoxy groups -OCH3 is 2. The van der Waals surface area contributed by atoms with Crippen molar-refractivity contribution in [2.24, 2.45) is 0 Å². The Morgan fingerprint density at radius 3 is 2.64 bits per heavy atom. The molecule has 0 atom stereocenters. The van der Waals surface area contributed by atoms with Crippen LogP contribution in [0.3, 0.4) is 0 Å². The highest BCUT2D eigenvalue weighted by Crippen LogP contribution is 2.13. The number of aryl methyl sites for hydroxylation is 1. The predicted octanol–water partition coefficient (Wildman–Crippen LogP) is 1.44. The molecule has 0 aromatic carbocycles. The zero-order chi connectivity index (χ0) is 10.6. The second-order valence-electron chi connectivity index (χ2n) is 2.73. The minimum absolute atomic E-state index is 0.375. The summed E-state index contributed by atoms with van der Waals surface area (Å²) in [7, 11) is 2.86. The van der Waals surface area contributed by atoms with Gasteiger partial charge in [-0.1, -0.05) is 6.92 Å². The van der Waals surface area contributed by atoms with Crippen LogP contribution in [0.4, 0.5) is 0 Å². The Morgan fingerprint density at radius 2 is 2.14 bits per heavy atom. The average Bonchev–Trinajstić information content (AvgIpc) is 2.27. The molecule has 0 aliphatic heterocycles. The van der Waals surface area contributed by atoms with Crippen LogP contribution in [0.25, 0.3) is 0 Å². The summed E-state index contributed by atoms with van der Waals surface area (Å²) in [4.78, 5) is 15.4. The molecule has 76 valence electrons. The van der Waals surface area contributed by atoms with E-state index in [0.717, 1.165) is 12.1 Å². The van der Waals surface area contributed by atoms with Crippen LogP contribution >= 0.6 is 0 Å². The van der Waals surface area contributed by atoms with Gasteiger partial charge >= 0.3 is 5.97 Å². The largest absolute Gasteiger partial charge is 0.481 e. The molecule has 1 aromatic heterocycles. The van der Waals surface area contributed by atoms with Gasteiger partial charge in [-0.15, -0.1) is 0 Å². The molecule has 0 amide bonds. The molecule has 1 heterocycles. The minimum Gasteiger partial charge on any atom is -0.481 e. The molecule has 0 aliphatic rings. The van der Waals surface area contributed by atoms with E-state index in [1.807, 2.05) is 6.92 Å². The molecule has 0 saturated heterocycles. The number of rotatable bonds is 3. The maximum atomic E-state index is 11.2. The molecular formula is C10H13NO3. The van der Waals surface area contributed by atoms with E-state index >= 15 is 0 Å². The van der Waals surface area contributed by atoms with Crippen LogP contribution in [0.15, 0.2) is 12.1 Å². The number of ether oxygens (including phenoxy) is 2. The molecule has 0 aliphatic carbocycles. The van der Waals surface area contributed by atoms with Crippen molar-refractivity contribution in [1.82, 2.24) is 4.98 Å². The first-order valence-electron chi connectivity index (χ1n) is 4.34. The summed E-state index contributed by atoms with van der Waals surface area (Å²) in [6, 6.07) is 3.26. The molecule has 4 nitrogen and oxygen atoms in total. The van der Waals surface area contributed by atoms with Gasteiger partial charge in [0.15, 0.2) is 0 Å².